The van der Waals surface area contributed by atoms with Crippen molar-refractivity contribution in [2.45, 2.75) is 63.0 Å². The Hall–Kier alpha value is -0.940. The summed E-state index contributed by atoms with van der Waals surface area (Å²) in [5.41, 5.74) is -0.00757. The van der Waals surface area contributed by atoms with Gasteiger partial charge in [-0.3, -0.25) is 9.58 Å². The first-order valence-corrected chi connectivity index (χ1v) is 7.98. The molecule has 5 heteroatoms. The molecule has 1 unspecified atom stereocenters. The molecular weight excluding hydrogens is 252 g/mol. The van der Waals surface area contributed by atoms with Crippen LogP contribution in [0.2, 0.25) is 0 Å². The summed E-state index contributed by atoms with van der Waals surface area (Å²) < 4.78 is 1.78. The second-order valence-corrected chi connectivity index (χ2v) is 6.38. The number of hydrogen-bond donors (Lipinski definition) is 1. The highest BCUT2D eigenvalue weighted by atomic mass is 16.3. The molecule has 2 fully saturated rings. The maximum Gasteiger partial charge on any atom is 0.138 e. The smallest absolute Gasteiger partial charge is 0.138 e. The average molecular weight is 278 g/mol. The molecule has 2 aliphatic rings. The van der Waals surface area contributed by atoms with Crippen molar-refractivity contribution in [1.29, 1.82) is 0 Å². The van der Waals surface area contributed by atoms with Crippen molar-refractivity contribution in [3.8, 4) is 0 Å². The molecule has 0 bridgehead atoms. The quantitative estimate of drug-likeness (QED) is 0.907. The van der Waals surface area contributed by atoms with Crippen molar-refractivity contribution < 1.29 is 5.11 Å². The van der Waals surface area contributed by atoms with Crippen LogP contribution in [0.15, 0.2) is 6.33 Å². The summed E-state index contributed by atoms with van der Waals surface area (Å²) in [5, 5.41) is 15.0. The van der Waals surface area contributed by atoms with E-state index in [0.29, 0.717) is 6.42 Å². The Kier molecular flexibility index (Phi) is 4.08. The third-order valence-electron chi connectivity index (χ3n) is 5.26. The van der Waals surface area contributed by atoms with E-state index in [9.17, 15) is 5.11 Å². The van der Waals surface area contributed by atoms with Crippen LogP contribution in [0.25, 0.3) is 0 Å². The van der Waals surface area contributed by atoms with Crippen LogP contribution in [-0.2, 0) is 13.5 Å². The lowest BCUT2D eigenvalue weighted by Gasteiger charge is -2.46. The van der Waals surface area contributed by atoms with Crippen LogP contribution in [0.5, 0.6) is 0 Å². The maximum absolute atomic E-state index is 10.9. The van der Waals surface area contributed by atoms with E-state index in [4.69, 9.17) is 0 Å². The van der Waals surface area contributed by atoms with Gasteiger partial charge in [0.05, 0.1) is 6.10 Å². The molecule has 5 nitrogen and oxygen atoms in total. The summed E-state index contributed by atoms with van der Waals surface area (Å²) in [7, 11) is 1.90. The van der Waals surface area contributed by atoms with Crippen molar-refractivity contribution in [3.63, 3.8) is 0 Å². The fourth-order valence-electron chi connectivity index (χ4n) is 4.05. The van der Waals surface area contributed by atoms with Gasteiger partial charge in [-0.05, 0) is 38.8 Å². The number of hydrogen-bond acceptors (Lipinski definition) is 4. The Labute approximate surface area is 121 Å². The molecule has 1 aromatic heterocycles. The van der Waals surface area contributed by atoms with Gasteiger partial charge in [-0.1, -0.05) is 19.3 Å². The number of aromatic nitrogens is 3. The van der Waals surface area contributed by atoms with Gasteiger partial charge in [0.15, 0.2) is 0 Å². The van der Waals surface area contributed by atoms with Crippen molar-refractivity contribution in [3.05, 3.63) is 12.2 Å². The molecular formula is C15H26N4O. The Morgan fingerprint density at radius 3 is 2.50 bits per heavy atom. The molecule has 1 aliphatic carbocycles. The Balaban J connectivity index is 1.77. The molecule has 1 saturated carbocycles. The Morgan fingerprint density at radius 2 is 1.90 bits per heavy atom. The molecule has 0 radical (unpaired) electrons. The number of piperidine rings is 1. The van der Waals surface area contributed by atoms with Crippen molar-refractivity contribution in [1.82, 2.24) is 19.7 Å². The van der Waals surface area contributed by atoms with Crippen LogP contribution < -0.4 is 0 Å². The SMILES string of the molecule is Cn1ncnc1CC(O)C1(N2CCCCC2)CCCC1. The van der Waals surface area contributed by atoms with E-state index in [1.54, 1.807) is 11.0 Å². The number of nitrogens with zero attached hydrogens (tertiary/aromatic N) is 4. The molecule has 1 saturated heterocycles. The van der Waals surface area contributed by atoms with Gasteiger partial charge in [-0.25, -0.2) is 4.98 Å². The summed E-state index contributed by atoms with van der Waals surface area (Å²) in [6, 6.07) is 0. The van der Waals surface area contributed by atoms with E-state index < -0.39 is 0 Å². The van der Waals surface area contributed by atoms with Crippen LogP contribution in [0.3, 0.4) is 0 Å². The van der Waals surface area contributed by atoms with Gasteiger partial charge >= 0.3 is 0 Å². The van der Waals surface area contributed by atoms with Crippen LogP contribution in [0.1, 0.15) is 50.8 Å². The minimum absolute atomic E-state index is 0.00757. The fraction of sp³-hybridized carbons (Fsp3) is 0.867. The summed E-state index contributed by atoms with van der Waals surface area (Å²) >= 11 is 0. The van der Waals surface area contributed by atoms with Gasteiger partial charge in [0, 0.05) is 19.0 Å². The van der Waals surface area contributed by atoms with E-state index in [1.165, 1.54) is 32.1 Å². The predicted octanol–water partition coefficient (Wildman–Crippen LogP) is 1.52. The summed E-state index contributed by atoms with van der Waals surface area (Å²) in [4.78, 5) is 6.85. The maximum atomic E-state index is 10.9. The second-order valence-electron chi connectivity index (χ2n) is 6.38. The summed E-state index contributed by atoms with van der Waals surface area (Å²) in [5.74, 6) is 0.890. The zero-order chi connectivity index (χ0) is 14.0. The number of aryl methyl sites for hydroxylation is 1. The minimum atomic E-state index is -0.328. The molecule has 1 aliphatic heterocycles. The lowest BCUT2D eigenvalue weighted by Crippen LogP contribution is -2.57. The van der Waals surface area contributed by atoms with Crippen molar-refractivity contribution in [2.24, 2.45) is 7.05 Å². The topological polar surface area (TPSA) is 54.2 Å². The highest BCUT2D eigenvalue weighted by molar-refractivity contribution is 5.04. The molecule has 1 atom stereocenters. The summed E-state index contributed by atoms with van der Waals surface area (Å²) in [6.07, 6.45) is 10.5. The molecule has 2 heterocycles. The average Bonchev–Trinajstić information content (AvgIpc) is 3.11. The van der Waals surface area contributed by atoms with E-state index >= 15 is 0 Å². The largest absolute Gasteiger partial charge is 0.391 e. The van der Waals surface area contributed by atoms with Gasteiger partial charge in [0.1, 0.15) is 12.2 Å². The van der Waals surface area contributed by atoms with Crippen LogP contribution in [0.4, 0.5) is 0 Å². The molecule has 112 valence electrons. The van der Waals surface area contributed by atoms with Gasteiger partial charge in [-0.15, -0.1) is 0 Å². The molecule has 0 spiro atoms. The lowest BCUT2D eigenvalue weighted by molar-refractivity contribution is -0.0392. The molecule has 3 rings (SSSR count). The predicted molar refractivity (Wildman–Crippen MR) is 77.3 cm³/mol. The highest BCUT2D eigenvalue weighted by Gasteiger charge is 2.45. The van der Waals surface area contributed by atoms with Gasteiger partial charge in [-0.2, -0.15) is 5.10 Å². The van der Waals surface area contributed by atoms with Crippen LogP contribution >= 0.6 is 0 Å². The van der Waals surface area contributed by atoms with Crippen molar-refractivity contribution in [2.75, 3.05) is 13.1 Å². The molecule has 1 N–H and O–H groups in total. The number of likely N-dealkylation sites (tertiary alicyclic amines) is 1. The molecule has 1 aromatic rings. The molecule has 0 aromatic carbocycles. The summed E-state index contributed by atoms with van der Waals surface area (Å²) in [6.45, 7) is 2.30. The van der Waals surface area contributed by atoms with E-state index in [0.717, 1.165) is 31.8 Å². The zero-order valence-electron chi connectivity index (χ0n) is 12.5. The van der Waals surface area contributed by atoms with Gasteiger partial charge < -0.3 is 5.11 Å². The molecule has 20 heavy (non-hydrogen) atoms. The number of aliphatic hydroxyl groups is 1. The first-order chi connectivity index (χ1) is 9.72. The second kappa shape index (κ2) is 5.82. The van der Waals surface area contributed by atoms with Crippen LogP contribution in [-0.4, -0.2) is 49.5 Å². The number of aliphatic hydroxyl groups excluding tert-OH is 1. The lowest BCUT2D eigenvalue weighted by atomic mass is 9.84. The third-order valence-corrected chi connectivity index (χ3v) is 5.26. The third kappa shape index (κ3) is 2.49. The normalized spacial score (nSPS) is 24.9. The Bertz CT molecular complexity index is 433. The standard InChI is InChI=1S/C15H26N4O/c1-18-14(16-12-17-18)11-13(20)15(7-3-4-8-15)19-9-5-2-6-10-19/h12-13,20H,2-11H2,1H3. The highest BCUT2D eigenvalue weighted by Crippen LogP contribution is 2.40. The minimum Gasteiger partial charge on any atom is -0.391 e. The number of rotatable bonds is 4. The fourth-order valence-corrected chi connectivity index (χ4v) is 4.05. The van der Waals surface area contributed by atoms with Gasteiger partial charge in [0.2, 0.25) is 0 Å². The van der Waals surface area contributed by atoms with E-state index in [2.05, 4.69) is 15.0 Å². The first-order valence-electron chi connectivity index (χ1n) is 7.98. The van der Waals surface area contributed by atoms with Crippen LogP contribution in [0, 0.1) is 0 Å². The Morgan fingerprint density at radius 1 is 1.20 bits per heavy atom. The monoisotopic (exact) mass is 278 g/mol. The zero-order valence-corrected chi connectivity index (χ0v) is 12.5. The van der Waals surface area contributed by atoms with Gasteiger partial charge in [0.25, 0.3) is 0 Å². The first kappa shape index (κ1) is 14.0. The molecule has 0 amide bonds. The van der Waals surface area contributed by atoms with E-state index in [1.807, 2.05) is 7.05 Å². The van der Waals surface area contributed by atoms with E-state index in [-0.39, 0.29) is 11.6 Å². The van der Waals surface area contributed by atoms with Crippen molar-refractivity contribution >= 4 is 0 Å².